The molecule has 0 aromatic heterocycles. The molecule has 0 bridgehead atoms. The van der Waals surface area contributed by atoms with E-state index in [0.29, 0.717) is 13.0 Å². The van der Waals surface area contributed by atoms with Crippen LogP contribution in [0.2, 0.25) is 0 Å². The average molecular weight is 262 g/mol. The molecule has 0 aliphatic heterocycles. The lowest BCUT2D eigenvalue weighted by molar-refractivity contribution is -0.143. The van der Waals surface area contributed by atoms with Crippen LogP contribution in [0.1, 0.15) is 31.2 Å². The fourth-order valence-corrected chi connectivity index (χ4v) is 2.46. The largest absolute Gasteiger partial charge is 0.398 e. The zero-order valence-electron chi connectivity index (χ0n) is 11.7. The first-order valence-electron chi connectivity index (χ1n) is 6.69. The van der Waals surface area contributed by atoms with E-state index in [9.17, 15) is 4.79 Å². The van der Waals surface area contributed by atoms with E-state index in [1.54, 1.807) is 12.0 Å². The summed E-state index contributed by atoms with van der Waals surface area (Å²) in [5, 5.41) is 0. The Morgan fingerprint density at radius 1 is 1.42 bits per heavy atom. The van der Waals surface area contributed by atoms with Gasteiger partial charge in [0.2, 0.25) is 5.91 Å². The van der Waals surface area contributed by atoms with E-state index in [4.69, 9.17) is 10.5 Å². The number of methoxy groups -OCH3 is 1. The molecule has 1 aliphatic carbocycles. The Hall–Kier alpha value is -1.55. The molecule has 1 amide bonds. The molecule has 4 nitrogen and oxygen atoms in total. The third-order valence-corrected chi connectivity index (χ3v) is 4.06. The van der Waals surface area contributed by atoms with Crippen molar-refractivity contribution in [3.63, 3.8) is 0 Å². The first kappa shape index (κ1) is 13.9. The van der Waals surface area contributed by atoms with Crippen molar-refractivity contribution >= 4 is 11.6 Å². The quantitative estimate of drug-likeness (QED) is 0.828. The second kappa shape index (κ2) is 5.61. The molecule has 1 fully saturated rings. The number of carbonyl (C=O) groups excluding carboxylic acids is 1. The Bertz CT molecular complexity index is 450. The van der Waals surface area contributed by atoms with E-state index in [1.165, 1.54) is 0 Å². The predicted octanol–water partition coefficient (Wildman–Crippen LogP) is 2.19. The number of anilines is 1. The van der Waals surface area contributed by atoms with Crippen molar-refractivity contribution in [3.05, 3.63) is 29.8 Å². The number of amides is 1. The molecule has 0 atom stereocenters. The molecule has 1 saturated carbocycles. The molecular weight excluding hydrogens is 240 g/mol. The van der Waals surface area contributed by atoms with Gasteiger partial charge in [0.15, 0.2) is 0 Å². The summed E-state index contributed by atoms with van der Waals surface area (Å²) in [6, 6.07) is 7.65. The van der Waals surface area contributed by atoms with Crippen molar-refractivity contribution in [2.75, 3.05) is 19.9 Å². The molecule has 19 heavy (non-hydrogen) atoms. The summed E-state index contributed by atoms with van der Waals surface area (Å²) < 4.78 is 5.50. The number of nitrogens with two attached hydrogens (primary N) is 1. The highest BCUT2D eigenvalue weighted by Crippen LogP contribution is 2.38. The molecule has 2 N–H and O–H groups in total. The zero-order chi connectivity index (χ0) is 13.9. The van der Waals surface area contributed by atoms with Gasteiger partial charge in [0.1, 0.15) is 0 Å². The first-order chi connectivity index (χ1) is 9.06. The standard InChI is InChI=1S/C15H22N2O2/c1-17(11-12-6-3-4-7-13(12)16)14(18)10-15(19-2)8-5-9-15/h3-4,6-7H,5,8-11,16H2,1-2H3. The molecule has 4 heteroatoms. The summed E-state index contributed by atoms with van der Waals surface area (Å²) in [6.07, 6.45) is 3.58. The first-order valence-corrected chi connectivity index (χ1v) is 6.69. The summed E-state index contributed by atoms with van der Waals surface area (Å²) in [7, 11) is 3.51. The van der Waals surface area contributed by atoms with Gasteiger partial charge in [-0.15, -0.1) is 0 Å². The average Bonchev–Trinajstić information content (AvgIpc) is 2.36. The van der Waals surface area contributed by atoms with E-state index in [2.05, 4.69) is 0 Å². The van der Waals surface area contributed by atoms with Crippen LogP contribution in [0.5, 0.6) is 0 Å². The molecule has 0 heterocycles. The van der Waals surface area contributed by atoms with Crippen molar-refractivity contribution in [3.8, 4) is 0 Å². The fourth-order valence-electron chi connectivity index (χ4n) is 2.46. The van der Waals surface area contributed by atoms with Gasteiger partial charge in [0.25, 0.3) is 0 Å². The molecule has 2 rings (SSSR count). The molecule has 1 aliphatic rings. The number of para-hydroxylation sites is 1. The molecule has 104 valence electrons. The van der Waals surface area contributed by atoms with E-state index >= 15 is 0 Å². The predicted molar refractivity (Wildman–Crippen MR) is 75.5 cm³/mol. The highest BCUT2D eigenvalue weighted by atomic mass is 16.5. The van der Waals surface area contributed by atoms with Gasteiger partial charge in [-0.25, -0.2) is 0 Å². The van der Waals surface area contributed by atoms with Crippen LogP contribution in [-0.2, 0) is 16.1 Å². The smallest absolute Gasteiger partial charge is 0.225 e. The van der Waals surface area contributed by atoms with E-state index in [0.717, 1.165) is 30.5 Å². The number of hydrogen-bond acceptors (Lipinski definition) is 3. The Labute approximate surface area is 114 Å². The van der Waals surface area contributed by atoms with Crippen molar-refractivity contribution in [1.29, 1.82) is 0 Å². The van der Waals surface area contributed by atoms with Gasteiger partial charge >= 0.3 is 0 Å². The summed E-state index contributed by atoms with van der Waals surface area (Å²) in [5.41, 5.74) is 7.40. The van der Waals surface area contributed by atoms with Crippen LogP contribution in [0.3, 0.4) is 0 Å². The third kappa shape index (κ3) is 3.07. The third-order valence-electron chi connectivity index (χ3n) is 4.06. The van der Waals surface area contributed by atoms with Gasteiger partial charge in [-0.1, -0.05) is 18.2 Å². The van der Waals surface area contributed by atoms with Gasteiger partial charge in [0.05, 0.1) is 12.0 Å². The highest BCUT2D eigenvalue weighted by molar-refractivity contribution is 5.77. The Balaban J connectivity index is 1.94. The molecule has 0 spiro atoms. The van der Waals surface area contributed by atoms with Crippen LogP contribution in [0, 0.1) is 0 Å². The summed E-state index contributed by atoms with van der Waals surface area (Å²) >= 11 is 0. The highest BCUT2D eigenvalue weighted by Gasteiger charge is 2.39. The lowest BCUT2D eigenvalue weighted by Crippen LogP contribution is -2.44. The van der Waals surface area contributed by atoms with Crippen molar-refractivity contribution < 1.29 is 9.53 Å². The summed E-state index contributed by atoms with van der Waals surface area (Å²) in [6.45, 7) is 0.547. The van der Waals surface area contributed by atoms with Crippen LogP contribution in [-0.4, -0.2) is 30.6 Å². The minimum Gasteiger partial charge on any atom is -0.398 e. The molecule has 0 saturated heterocycles. The number of rotatable bonds is 5. The lowest BCUT2D eigenvalue weighted by Gasteiger charge is -2.40. The summed E-state index contributed by atoms with van der Waals surface area (Å²) in [4.78, 5) is 14.0. The Kier molecular flexibility index (Phi) is 4.10. The fraction of sp³-hybridized carbons (Fsp3) is 0.533. The van der Waals surface area contributed by atoms with Crippen LogP contribution < -0.4 is 5.73 Å². The molecule has 0 radical (unpaired) electrons. The van der Waals surface area contributed by atoms with Crippen LogP contribution in [0.15, 0.2) is 24.3 Å². The Morgan fingerprint density at radius 3 is 2.63 bits per heavy atom. The summed E-state index contributed by atoms with van der Waals surface area (Å²) in [5.74, 6) is 0.116. The number of carbonyl (C=O) groups is 1. The van der Waals surface area contributed by atoms with Gasteiger partial charge in [-0.3, -0.25) is 4.79 Å². The van der Waals surface area contributed by atoms with Gasteiger partial charge in [-0.2, -0.15) is 0 Å². The van der Waals surface area contributed by atoms with Gasteiger partial charge in [0, 0.05) is 26.4 Å². The van der Waals surface area contributed by atoms with E-state index in [-0.39, 0.29) is 11.5 Å². The topological polar surface area (TPSA) is 55.6 Å². The number of nitrogen functional groups attached to an aromatic ring is 1. The maximum absolute atomic E-state index is 12.2. The molecule has 1 aromatic carbocycles. The maximum atomic E-state index is 12.2. The van der Waals surface area contributed by atoms with Crippen LogP contribution in [0.25, 0.3) is 0 Å². The number of ether oxygens (including phenoxy) is 1. The van der Waals surface area contributed by atoms with Crippen LogP contribution >= 0.6 is 0 Å². The molecule has 0 unspecified atom stereocenters. The zero-order valence-corrected chi connectivity index (χ0v) is 11.7. The van der Waals surface area contributed by atoms with E-state index < -0.39 is 0 Å². The normalized spacial score (nSPS) is 16.7. The lowest BCUT2D eigenvalue weighted by atomic mass is 9.77. The number of hydrogen-bond donors (Lipinski definition) is 1. The second-order valence-electron chi connectivity index (χ2n) is 5.37. The second-order valence-corrected chi connectivity index (χ2v) is 5.37. The van der Waals surface area contributed by atoms with E-state index in [1.807, 2.05) is 31.3 Å². The Morgan fingerprint density at radius 2 is 2.11 bits per heavy atom. The van der Waals surface area contributed by atoms with Crippen molar-refractivity contribution in [2.24, 2.45) is 0 Å². The van der Waals surface area contributed by atoms with Gasteiger partial charge < -0.3 is 15.4 Å². The minimum atomic E-state index is -0.215. The number of benzene rings is 1. The molecule has 1 aromatic rings. The van der Waals surface area contributed by atoms with Crippen LogP contribution in [0.4, 0.5) is 5.69 Å². The monoisotopic (exact) mass is 262 g/mol. The van der Waals surface area contributed by atoms with Gasteiger partial charge in [-0.05, 0) is 30.9 Å². The maximum Gasteiger partial charge on any atom is 0.225 e. The minimum absolute atomic E-state index is 0.116. The molecular formula is C15H22N2O2. The SMILES string of the molecule is COC1(CC(=O)N(C)Cc2ccccc2N)CCC1. The van der Waals surface area contributed by atoms with Crippen molar-refractivity contribution in [2.45, 2.75) is 37.8 Å². The van der Waals surface area contributed by atoms with Crippen molar-refractivity contribution in [1.82, 2.24) is 4.90 Å². The number of nitrogens with zero attached hydrogens (tertiary/aromatic N) is 1.